The third-order valence-corrected chi connectivity index (χ3v) is 6.54. The number of ether oxygens (including phenoxy) is 2. The Morgan fingerprint density at radius 1 is 1.31 bits per heavy atom. The first-order valence-electron chi connectivity index (χ1n) is 11.6. The van der Waals surface area contributed by atoms with Crippen LogP contribution in [0.5, 0.6) is 11.5 Å². The van der Waals surface area contributed by atoms with Crippen molar-refractivity contribution >= 4 is 22.6 Å². The van der Waals surface area contributed by atoms with Crippen LogP contribution in [-0.2, 0) is 4.79 Å². The molecule has 1 aromatic carbocycles. The first-order valence-corrected chi connectivity index (χ1v) is 11.6. The Morgan fingerprint density at radius 3 is 3.03 bits per heavy atom. The van der Waals surface area contributed by atoms with Crippen molar-refractivity contribution in [1.29, 1.82) is 0 Å². The minimum Gasteiger partial charge on any atom is -0.497 e. The van der Waals surface area contributed by atoms with Gasteiger partial charge in [0.15, 0.2) is 17.7 Å². The molecule has 0 bridgehead atoms. The lowest BCUT2D eigenvalue weighted by Crippen LogP contribution is -2.54. The molecule has 10 heteroatoms. The fraction of sp³-hybridized carbons (Fsp3) is 0.400. The maximum atomic E-state index is 15.0. The second kappa shape index (κ2) is 10.1. The van der Waals surface area contributed by atoms with Gasteiger partial charge in [-0.1, -0.05) is 0 Å². The van der Waals surface area contributed by atoms with Crippen molar-refractivity contribution in [1.82, 2.24) is 20.2 Å². The average molecular weight is 482 g/mol. The number of halogens is 1. The highest BCUT2D eigenvalue weighted by Crippen LogP contribution is 2.29. The second-order valence-corrected chi connectivity index (χ2v) is 8.82. The average Bonchev–Trinajstić information content (AvgIpc) is 2.87. The number of carbonyl (C=O) groups excluding carboxylic acids is 1. The molecule has 5 rings (SSSR count). The summed E-state index contributed by atoms with van der Waals surface area (Å²) in [5.74, 6) is 1.27. The van der Waals surface area contributed by atoms with Crippen LogP contribution in [-0.4, -0.2) is 77.5 Å². The van der Waals surface area contributed by atoms with Crippen LogP contribution in [0.15, 0.2) is 48.8 Å². The molecule has 1 saturated heterocycles. The molecular formula is C25H28FN5O4. The van der Waals surface area contributed by atoms with Gasteiger partial charge in [0, 0.05) is 43.5 Å². The zero-order valence-corrected chi connectivity index (χ0v) is 19.4. The second-order valence-electron chi connectivity index (χ2n) is 8.82. The molecule has 1 amide bonds. The van der Waals surface area contributed by atoms with Gasteiger partial charge in [-0.3, -0.25) is 14.7 Å². The van der Waals surface area contributed by atoms with Crippen LogP contribution in [0.25, 0.3) is 10.9 Å². The maximum absolute atomic E-state index is 15.0. The molecule has 0 spiro atoms. The number of benzene rings is 1. The van der Waals surface area contributed by atoms with E-state index in [0.29, 0.717) is 36.8 Å². The highest BCUT2D eigenvalue weighted by Gasteiger charge is 2.33. The maximum Gasteiger partial charge on any atom is 0.268 e. The molecule has 1 unspecified atom stereocenters. The number of piperidine rings is 1. The quantitative estimate of drug-likeness (QED) is 0.471. The summed E-state index contributed by atoms with van der Waals surface area (Å²) in [4.78, 5) is 22.6. The summed E-state index contributed by atoms with van der Waals surface area (Å²) in [5.41, 5.74) is 1.50. The van der Waals surface area contributed by atoms with Crippen LogP contribution in [0.4, 0.5) is 10.2 Å². The monoisotopic (exact) mass is 481 g/mol. The number of hydrogen-bond donors (Lipinski definition) is 3. The number of anilines is 1. The lowest BCUT2D eigenvalue weighted by Gasteiger charge is -2.37. The molecule has 0 saturated carbocycles. The predicted octanol–water partition coefficient (Wildman–Crippen LogP) is 2.07. The molecule has 2 aromatic heterocycles. The van der Waals surface area contributed by atoms with Crippen LogP contribution >= 0.6 is 0 Å². The van der Waals surface area contributed by atoms with E-state index in [0.717, 1.165) is 16.5 Å². The summed E-state index contributed by atoms with van der Waals surface area (Å²) in [7, 11) is 1.59. The van der Waals surface area contributed by atoms with Gasteiger partial charge in [-0.15, -0.1) is 0 Å². The van der Waals surface area contributed by atoms with Crippen molar-refractivity contribution in [2.24, 2.45) is 0 Å². The molecule has 35 heavy (non-hydrogen) atoms. The van der Waals surface area contributed by atoms with E-state index in [9.17, 15) is 9.90 Å². The number of hydrogen-bond acceptors (Lipinski definition) is 8. The number of pyridine rings is 2. The first kappa shape index (κ1) is 23.4. The number of amides is 1. The molecule has 1 fully saturated rings. The number of aromatic nitrogens is 2. The fourth-order valence-electron chi connectivity index (χ4n) is 4.65. The smallest absolute Gasteiger partial charge is 0.268 e. The van der Waals surface area contributed by atoms with Crippen LogP contribution in [0.3, 0.4) is 0 Å². The normalized spacial score (nSPS) is 23.3. The van der Waals surface area contributed by atoms with E-state index in [-0.39, 0.29) is 19.0 Å². The standard InChI is InChI=1S/C25H28FN5O4/c1-34-15-4-5-19-17(11-15)16(6-9-27-19)21(32)14-31-10-7-20(18(26)13-31)29-12-23-25(33)30-24-22(35-23)3-2-8-28-24/h2-6,8-9,11,18,20-21,23,29,32H,7,10,12-14H2,1H3,(H,28,30,33)/t18-,20-,21-,23?/m0/s1. The van der Waals surface area contributed by atoms with E-state index >= 15 is 4.39 Å². The largest absolute Gasteiger partial charge is 0.497 e. The third kappa shape index (κ3) is 5.04. The molecule has 3 aromatic rings. The summed E-state index contributed by atoms with van der Waals surface area (Å²) in [5, 5.41) is 17.6. The highest BCUT2D eigenvalue weighted by atomic mass is 19.1. The number of fused-ring (bicyclic) bond motifs is 2. The summed E-state index contributed by atoms with van der Waals surface area (Å²) in [6, 6.07) is 10.4. The Labute approximate surface area is 202 Å². The number of likely N-dealkylation sites (tertiary alicyclic amines) is 1. The van der Waals surface area contributed by atoms with Crippen molar-refractivity contribution in [3.63, 3.8) is 0 Å². The lowest BCUT2D eigenvalue weighted by molar-refractivity contribution is -0.123. The highest BCUT2D eigenvalue weighted by molar-refractivity contribution is 5.96. The minimum atomic E-state index is -1.15. The van der Waals surface area contributed by atoms with Gasteiger partial charge in [-0.25, -0.2) is 9.37 Å². The number of nitrogens with one attached hydrogen (secondary N) is 2. The Hall–Kier alpha value is -3.34. The summed E-state index contributed by atoms with van der Waals surface area (Å²) in [6.07, 6.45) is 1.09. The topological polar surface area (TPSA) is 109 Å². The van der Waals surface area contributed by atoms with Gasteiger partial charge in [0.1, 0.15) is 11.9 Å². The predicted molar refractivity (Wildman–Crippen MR) is 128 cm³/mol. The lowest BCUT2D eigenvalue weighted by atomic mass is 10.00. The van der Waals surface area contributed by atoms with Gasteiger partial charge in [0.05, 0.1) is 18.7 Å². The number of rotatable bonds is 7. The fourth-order valence-corrected chi connectivity index (χ4v) is 4.65. The molecule has 0 aliphatic carbocycles. The number of methoxy groups -OCH3 is 1. The van der Waals surface area contributed by atoms with E-state index < -0.39 is 24.4 Å². The SMILES string of the molecule is COc1ccc2nccc([C@@H](O)CN3CC[C@H](NCC4Oc5cccnc5NC4=O)[C@@H](F)C3)c2c1. The van der Waals surface area contributed by atoms with E-state index in [4.69, 9.17) is 9.47 Å². The minimum absolute atomic E-state index is 0.186. The molecule has 4 atom stereocenters. The Balaban J connectivity index is 1.16. The van der Waals surface area contributed by atoms with E-state index in [1.807, 2.05) is 23.1 Å². The van der Waals surface area contributed by atoms with Crippen LogP contribution in [0.1, 0.15) is 18.1 Å². The number of nitrogens with zero attached hydrogens (tertiary/aromatic N) is 3. The van der Waals surface area contributed by atoms with E-state index in [1.54, 1.807) is 37.7 Å². The Kier molecular flexibility index (Phi) is 6.76. The van der Waals surface area contributed by atoms with Crippen molar-refractivity contribution in [3.05, 3.63) is 54.4 Å². The zero-order valence-electron chi connectivity index (χ0n) is 19.4. The number of alkyl halides is 1. The molecule has 0 radical (unpaired) electrons. The van der Waals surface area contributed by atoms with Gasteiger partial charge in [-0.2, -0.15) is 0 Å². The van der Waals surface area contributed by atoms with Crippen LogP contribution in [0, 0.1) is 0 Å². The Bertz CT molecular complexity index is 1210. The summed E-state index contributed by atoms with van der Waals surface area (Å²) >= 11 is 0. The van der Waals surface area contributed by atoms with Gasteiger partial charge in [0.2, 0.25) is 0 Å². The number of aliphatic hydroxyl groups excluding tert-OH is 1. The Morgan fingerprint density at radius 2 is 2.20 bits per heavy atom. The van der Waals surface area contributed by atoms with Crippen LogP contribution in [0.2, 0.25) is 0 Å². The van der Waals surface area contributed by atoms with Crippen molar-refractivity contribution in [2.45, 2.75) is 30.8 Å². The summed E-state index contributed by atoms with van der Waals surface area (Å²) < 4.78 is 26.1. The van der Waals surface area contributed by atoms with E-state index in [2.05, 4.69) is 20.6 Å². The van der Waals surface area contributed by atoms with Gasteiger partial charge in [-0.05, 0) is 54.9 Å². The van der Waals surface area contributed by atoms with Crippen molar-refractivity contribution in [2.75, 3.05) is 38.6 Å². The molecular weight excluding hydrogens is 453 g/mol. The molecule has 2 aliphatic rings. The molecule has 2 aliphatic heterocycles. The number of aliphatic hydroxyl groups is 1. The third-order valence-electron chi connectivity index (χ3n) is 6.54. The summed E-state index contributed by atoms with van der Waals surface area (Å²) in [6.45, 7) is 1.30. The zero-order chi connectivity index (χ0) is 24.4. The van der Waals surface area contributed by atoms with Gasteiger partial charge < -0.3 is 25.2 Å². The van der Waals surface area contributed by atoms with Gasteiger partial charge >= 0.3 is 0 Å². The van der Waals surface area contributed by atoms with Crippen LogP contribution < -0.4 is 20.1 Å². The molecule has 4 heterocycles. The van der Waals surface area contributed by atoms with Crippen molar-refractivity contribution < 1.29 is 23.8 Å². The first-order chi connectivity index (χ1) is 17.0. The van der Waals surface area contributed by atoms with E-state index in [1.165, 1.54) is 0 Å². The molecule has 9 nitrogen and oxygen atoms in total. The van der Waals surface area contributed by atoms with Gasteiger partial charge in [0.25, 0.3) is 5.91 Å². The molecule has 184 valence electrons. The number of β-amino-alcohol motifs (C(OH)–C–C–N with tert-alkyl or cyclic N) is 1. The molecule has 3 N–H and O–H groups in total. The number of carbonyl (C=O) groups is 1. The van der Waals surface area contributed by atoms with Crippen molar-refractivity contribution in [3.8, 4) is 11.5 Å².